The van der Waals surface area contributed by atoms with E-state index in [1.54, 1.807) is 0 Å². The van der Waals surface area contributed by atoms with E-state index in [1.807, 2.05) is 6.92 Å². The quantitative estimate of drug-likeness (QED) is 0.125. The highest BCUT2D eigenvalue weighted by Crippen LogP contribution is 2.40. The predicted octanol–water partition coefficient (Wildman–Crippen LogP) is 7.87. The summed E-state index contributed by atoms with van der Waals surface area (Å²) in [6.07, 6.45) is -4.50. The number of thiocarbonyl (C=S) groups is 1. The minimum absolute atomic E-state index is 0.103. The van der Waals surface area contributed by atoms with Crippen molar-refractivity contribution in [2.45, 2.75) is 25.1 Å². The normalized spacial score (nSPS) is 13.1. The molecule has 2 aromatic carbocycles. The number of hydrogen-bond acceptors (Lipinski definition) is 3. The standard InChI is InChI=1S/C19H14Cl3F5N2OS2/c1-2-32-15(8-10-13(23)4-3-5-14(10)24)29-18(31)28-9-6-11(20)16(12(21)7-9)30-19(26,27)17(22)25/h3-7,17H,2,8H2,1H3,(H,28,31). The van der Waals surface area contributed by atoms with Crippen LogP contribution >= 0.6 is 58.8 Å². The summed E-state index contributed by atoms with van der Waals surface area (Å²) in [5.74, 6) is -1.55. The first kappa shape index (κ1) is 26.9. The van der Waals surface area contributed by atoms with E-state index in [1.165, 1.54) is 17.8 Å². The van der Waals surface area contributed by atoms with Crippen molar-refractivity contribution in [1.82, 2.24) is 0 Å². The molecule has 0 saturated carbocycles. The lowest BCUT2D eigenvalue weighted by Crippen LogP contribution is -2.33. The number of aliphatic imine (C=N–C) groups is 1. The molecule has 0 aromatic heterocycles. The zero-order valence-electron chi connectivity index (χ0n) is 16.1. The molecule has 0 saturated heterocycles. The van der Waals surface area contributed by atoms with Gasteiger partial charge in [0.15, 0.2) is 10.9 Å². The van der Waals surface area contributed by atoms with Gasteiger partial charge in [-0.05, 0) is 42.2 Å². The molecule has 0 bridgehead atoms. The van der Waals surface area contributed by atoms with E-state index in [0.717, 1.165) is 24.3 Å². The Balaban J connectivity index is 2.22. The van der Waals surface area contributed by atoms with Crippen molar-refractivity contribution >= 4 is 74.6 Å². The molecule has 174 valence electrons. The summed E-state index contributed by atoms with van der Waals surface area (Å²) in [4.78, 5) is 4.17. The van der Waals surface area contributed by atoms with Gasteiger partial charge in [-0.15, -0.1) is 11.8 Å². The molecular formula is C19H14Cl3F5N2OS2. The molecule has 0 aliphatic heterocycles. The minimum Gasteiger partial charge on any atom is -0.426 e. The first-order valence-electron chi connectivity index (χ1n) is 8.72. The number of thioether (sulfide) groups is 1. The third-order valence-corrected chi connectivity index (χ3v) is 5.54. The Labute approximate surface area is 205 Å². The highest BCUT2D eigenvalue weighted by molar-refractivity contribution is 8.14. The average Bonchev–Trinajstić information content (AvgIpc) is 2.67. The van der Waals surface area contributed by atoms with Crippen molar-refractivity contribution in [3.63, 3.8) is 0 Å². The van der Waals surface area contributed by atoms with Crippen molar-refractivity contribution < 1.29 is 26.7 Å². The molecule has 0 aliphatic rings. The Morgan fingerprint density at radius 1 is 1.22 bits per heavy atom. The van der Waals surface area contributed by atoms with Crippen LogP contribution in [-0.4, -0.2) is 27.6 Å². The lowest BCUT2D eigenvalue weighted by Gasteiger charge is -2.20. The number of alkyl halides is 4. The maximum atomic E-state index is 14.0. The molecule has 32 heavy (non-hydrogen) atoms. The molecule has 0 fully saturated rings. The second-order valence-electron chi connectivity index (χ2n) is 5.98. The number of rotatable bonds is 7. The van der Waals surface area contributed by atoms with Gasteiger partial charge in [0.05, 0.1) is 15.1 Å². The van der Waals surface area contributed by atoms with Gasteiger partial charge < -0.3 is 10.1 Å². The number of ether oxygens (including phenoxy) is 1. The molecule has 1 atom stereocenters. The highest BCUT2D eigenvalue weighted by Gasteiger charge is 2.43. The van der Waals surface area contributed by atoms with Gasteiger partial charge in [-0.2, -0.15) is 8.78 Å². The zero-order valence-corrected chi connectivity index (χ0v) is 20.0. The fourth-order valence-corrected chi connectivity index (χ4v) is 3.95. The molecule has 0 spiro atoms. The fourth-order valence-electron chi connectivity index (χ4n) is 2.32. The van der Waals surface area contributed by atoms with Crippen LogP contribution in [0.3, 0.4) is 0 Å². The van der Waals surface area contributed by atoms with E-state index in [4.69, 9.17) is 47.0 Å². The van der Waals surface area contributed by atoms with Gasteiger partial charge in [0.25, 0.3) is 5.63 Å². The Morgan fingerprint density at radius 2 is 1.78 bits per heavy atom. The summed E-state index contributed by atoms with van der Waals surface area (Å²) in [7, 11) is 0. The molecule has 3 nitrogen and oxygen atoms in total. The van der Waals surface area contributed by atoms with Crippen LogP contribution in [0.25, 0.3) is 0 Å². The summed E-state index contributed by atoms with van der Waals surface area (Å²) < 4.78 is 71.7. The number of halogens is 8. The van der Waals surface area contributed by atoms with Crippen molar-refractivity contribution in [2.24, 2.45) is 4.99 Å². The van der Waals surface area contributed by atoms with Crippen LogP contribution in [-0.2, 0) is 6.42 Å². The lowest BCUT2D eigenvalue weighted by atomic mass is 10.1. The van der Waals surface area contributed by atoms with Gasteiger partial charge >= 0.3 is 6.11 Å². The Kier molecular flexibility index (Phi) is 9.84. The lowest BCUT2D eigenvalue weighted by molar-refractivity contribution is -0.198. The summed E-state index contributed by atoms with van der Waals surface area (Å²) in [5, 5.41) is 2.15. The van der Waals surface area contributed by atoms with E-state index in [9.17, 15) is 22.0 Å². The summed E-state index contributed by atoms with van der Waals surface area (Å²) >= 11 is 23.0. The van der Waals surface area contributed by atoms with Gasteiger partial charge in [-0.3, -0.25) is 0 Å². The first-order valence-corrected chi connectivity index (χ1v) is 11.3. The largest absolute Gasteiger partial charge is 0.444 e. The molecule has 1 unspecified atom stereocenters. The second kappa shape index (κ2) is 11.7. The molecule has 2 aromatic rings. The number of hydrogen-bond donors (Lipinski definition) is 1. The summed E-state index contributed by atoms with van der Waals surface area (Å²) in [6.45, 7) is 1.82. The van der Waals surface area contributed by atoms with E-state index in [2.05, 4.69) is 15.0 Å². The van der Waals surface area contributed by atoms with E-state index in [-0.39, 0.29) is 32.8 Å². The van der Waals surface area contributed by atoms with Gasteiger partial charge in [0, 0.05) is 17.7 Å². The summed E-state index contributed by atoms with van der Waals surface area (Å²) in [5.41, 5.74) is -3.12. The maximum Gasteiger partial charge on any atom is 0.444 e. The van der Waals surface area contributed by atoms with Crippen LogP contribution in [0, 0.1) is 11.6 Å². The van der Waals surface area contributed by atoms with Crippen molar-refractivity contribution in [2.75, 3.05) is 11.1 Å². The van der Waals surface area contributed by atoms with Gasteiger partial charge in [0.1, 0.15) is 11.6 Å². The van der Waals surface area contributed by atoms with Crippen LogP contribution in [0.15, 0.2) is 35.3 Å². The van der Waals surface area contributed by atoms with E-state index >= 15 is 0 Å². The van der Waals surface area contributed by atoms with Crippen molar-refractivity contribution in [1.29, 1.82) is 0 Å². The Morgan fingerprint density at radius 3 is 2.28 bits per heavy atom. The Hall–Kier alpha value is -1.33. The second-order valence-corrected chi connectivity index (χ2v) is 8.90. The summed E-state index contributed by atoms with van der Waals surface area (Å²) in [6, 6.07) is 5.81. The fraction of sp³-hybridized carbons (Fsp3) is 0.263. The SMILES string of the molecule is CCSC(Cc1c(F)cccc1F)=NC(=S)Nc1cc(Cl)c(OC(F)(F)C(F)Cl)c(Cl)c1. The van der Waals surface area contributed by atoms with Crippen LogP contribution in [0.1, 0.15) is 12.5 Å². The van der Waals surface area contributed by atoms with Crippen LogP contribution < -0.4 is 10.1 Å². The monoisotopic (exact) mass is 550 g/mol. The van der Waals surface area contributed by atoms with Crippen molar-refractivity contribution in [3.05, 3.63) is 57.6 Å². The molecule has 0 heterocycles. The van der Waals surface area contributed by atoms with E-state index in [0.29, 0.717) is 10.8 Å². The molecule has 13 heteroatoms. The van der Waals surface area contributed by atoms with Gasteiger partial charge in [-0.25, -0.2) is 18.2 Å². The topological polar surface area (TPSA) is 33.6 Å². The van der Waals surface area contributed by atoms with Gasteiger partial charge in [0.2, 0.25) is 0 Å². The van der Waals surface area contributed by atoms with Crippen molar-refractivity contribution in [3.8, 4) is 5.75 Å². The molecule has 1 N–H and O–H groups in total. The number of nitrogens with zero attached hydrogens (tertiary/aromatic N) is 1. The number of anilines is 1. The molecular weight excluding hydrogens is 538 g/mol. The number of benzene rings is 2. The Bertz CT molecular complexity index is 981. The molecule has 0 radical (unpaired) electrons. The minimum atomic E-state index is -4.36. The molecule has 2 rings (SSSR count). The highest BCUT2D eigenvalue weighted by atomic mass is 35.5. The maximum absolute atomic E-state index is 14.0. The average molecular weight is 552 g/mol. The predicted molar refractivity (Wildman–Crippen MR) is 125 cm³/mol. The molecule has 0 aliphatic carbocycles. The van der Waals surface area contributed by atoms with Gasteiger partial charge in [-0.1, -0.05) is 47.8 Å². The van der Waals surface area contributed by atoms with E-state index < -0.39 is 29.1 Å². The smallest absolute Gasteiger partial charge is 0.426 e. The first-order chi connectivity index (χ1) is 14.9. The molecule has 0 amide bonds. The third-order valence-electron chi connectivity index (χ3n) is 3.67. The third kappa shape index (κ3) is 7.34. The van der Waals surface area contributed by atoms with Crippen LogP contribution in [0.5, 0.6) is 5.75 Å². The number of nitrogens with one attached hydrogen (secondary N) is 1. The zero-order chi connectivity index (χ0) is 24.1. The van der Waals surface area contributed by atoms with Crippen LogP contribution in [0.4, 0.5) is 27.6 Å². The van der Waals surface area contributed by atoms with Crippen LogP contribution in [0.2, 0.25) is 10.0 Å².